The highest BCUT2D eigenvalue weighted by Gasteiger charge is 2.37. The summed E-state index contributed by atoms with van der Waals surface area (Å²) in [6.45, 7) is 2.07. The third kappa shape index (κ3) is 4.23. The first-order valence-electron chi connectivity index (χ1n) is 8.46. The summed E-state index contributed by atoms with van der Waals surface area (Å²) in [6.07, 6.45) is 0.905. The second kappa shape index (κ2) is 8.33. The van der Waals surface area contributed by atoms with Crippen LogP contribution in [0.3, 0.4) is 0 Å². The van der Waals surface area contributed by atoms with Gasteiger partial charge in [-0.05, 0) is 18.1 Å². The van der Waals surface area contributed by atoms with Gasteiger partial charge in [0.25, 0.3) is 5.91 Å². The molecule has 7 nitrogen and oxygen atoms in total. The maximum atomic E-state index is 12.6. The molecule has 2 atom stereocenters. The van der Waals surface area contributed by atoms with E-state index in [1.165, 1.54) is 0 Å². The maximum absolute atomic E-state index is 12.6. The van der Waals surface area contributed by atoms with Crippen molar-refractivity contribution in [1.29, 1.82) is 0 Å². The molecule has 3 rings (SSSR count). The number of ether oxygens (including phenoxy) is 1. The number of carbonyl (C=O) groups is 2. The molecule has 1 aliphatic rings. The van der Waals surface area contributed by atoms with Crippen molar-refractivity contribution >= 4 is 23.4 Å². The number of nitrogens with one attached hydrogen (secondary N) is 2. The maximum Gasteiger partial charge on any atom is 0.252 e. The van der Waals surface area contributed by atoms with Crippen molar-refractivity contribution in [2.75, 3.05) is 6.61 Å². The van der Waals surface area contributed by atoms with Gasteiger partial charge in [0.05, 0.1) is 18.3 Å². The Bertz CT molecular complexity index is 792. The number of amides is 2. The van der Waals surface area contributed by atoms with Crippen LogP contribution >= 0.6 is 11.6 Å². The third-order valence-electron chi connectivity index (χ3n) is 4.06. The summed E-state index contributed by atoms with van der Waals surface area (Å²) in [7, 11) is 0. The molecule has 2 N–H and O–H groups in total. The lowest BCUT2D eigenvalue weighted by Crippen LogP contribution is -2.52. The van der Waals surface area contributed by atoms with Crippen molar-refractivity contribution in [2.45, 2.75) is 38.5 Å². The summed E-state index contributed by atoms with van der Waals surface area (Å²) in [6, 6.07) is 8.20. The molecule has 0 aliphatic carbocycles. The molecule has 0 spiro atoms. The second-order valence-corrected chi connectivity index (χ2v) is 6.46. The summed E-state index contributed by atoms with van der Waals surface area (Å²) in [5.41, 5.74) is 1.49. The fourth-order valence-electron chi connectivity index (χ4n) is 2.84. The lowest BCUT2D eigenvalue weighted by atomic mass is 9.99. The predicted octanol–water partition coefficient (Wildman–Crippen LogP) is 2.15. The van der Waals surface area contributed by atoms with Crippen molar-refractivity contribution in [3.63, 3.8) is 0 Å². The molecule has 2 heterocycles. The quantitative estimate of drug-likeness (QED) is 0.804. The molecular weight excluding hydrogens is 358 g/mol. The Labute approximate surface area is 156 Å². The normalized spacial score (nSPS) is 19.8. The first-order chi connectivity index (χ1) is 12.6. The van der Waals surface area contributed by atoms with E-state index in [1.54, 1.807) is 24.3 Å². The molecule has 1 aromatic heterocycles. The van der Waals surface area contributed by atoms with Crippen LogP contribution in [0.1, 0.15) is 36.4 Å². The SMILES string of the molecule is CCCc1cc(CNC(=O)[C@H]2OCC(=O)N[C@@H]2c2ccccc2Cl)on1. The van der Waals surface area contributed by atoms with Crippen molar-refractivity contribution in [1.82, 2.24) is 15.8 Å². The lowest BCUT2D eigenvalue weighted by molar-refractivity contribution is -0.148. The van der Waals surface area contributed by atoms with Gasteiger partial charge >= 0.3 is 0 Å². The van der Waals surface area contributed by atoms with Crippen LogP contribution < -0.4 is 10.6 Å². The molecule has 138 valence electrons. The average Bonchev–Trinajstić information content (AvgIpc) is 3.08. The molecule has 1 fully saturated rings. The van der Waals surface area contributed by atoms with Gasteiger partial charge in [-0.3, -0.25) is 9.59 Å². The lowest BCUT2D eigenvalue weighted by Gasteiger charge is -2.32. The molecule has 1 saturated heterocycles. The molecule has 1 aliphatic heterocycles. The van der Waals surface area contributed by atoms with Gasteiger partial charge in [0.15, 0.2) is 11.9 Å². The summed E-state index contributed by atoms with van der Waals surface area (Å²) < 4.78 is 10.7. The van der Waals surface area contributed by atoms with Gasteiger partial charge in [0.1, 0.15) is 6.61 Å². The second-order valence-electron chi connectivity index (χ2n) is 6.05. The van der Waals surface area contributed by atoms with Gasteiger partial charge in [-0.1, -0.05) is 48.3 Å². The molecule has 2 aromatic rings. The Balaban J connectivity index is 1.69. The Kier molecular flexibility index (Phi) is 5.90. The monoisotopic (exact) mass is 377 g/mol. The van der Waals surface area contributed by atoms with E-state index in [9.17, 15) is 9.59 Å². The number of morpholine rings is 1. The van der Waals surface area contributed by atoms with Crippen molar-refractivity contribution < 1.29 is 18.8 Å². The highest BCUT2D eigenvalue weighted by molar-refractivity contribution is 6.31. The van der Waals surface area contributed by atoms with E-state index >= 15 is 0 Å². The highest BCUT2D eigenvalue weighted by atomic mass is 35.5. The van der Waals surface area contributed by atoms with E-state index in [4.69, 9.17) is 20.9 Å². The Hall–Kier alpha value is -2.38. The predicted molar refractivity (Wildman–Crippen MR) is 94.4 cm³/mol. The summed E-state index contributed by atoms with van der Waals surface area (Å²) in [5, 5.41) is 9.95. The van der Waals surface area contributed by atoms with Crippen LogP contribution in [-0.2, 0) is 27.3 Å². The zero-order valence-corrected chi connectivity index (χ0v) is 15.1. The van der Waals surface area contributed by atoms with Crippen LogP contribution in [0.25, 0.3) is 0 Å². The van der Waals surface area contributed by atoms with Crippen LogP contribution in [-0.4, -0.2) is 29.7 Å². The zero-order valence-electron chi connectivity index (χ0n) is 14.3. The van der Waals surface area contributed by atoms with Crippen LogP contribution in [0.5, 0.6) is 0 Å². The molecular formula is C18H20ClN3O4. The van der Waals surface area contributed by atoms with E-state index in [-0.39, 0.29) is 25.0 Å². The van der Waals surface area contributed by atoms with E-state index < -0.39 is 12.1 Å². The minimum atomic E-state index is -0.884. The summed E-state index contributed by atoms with van der Waals surface area (Å²) in [4.78, 5) is 24.3. The third-order valence-corrected chi connectivity index (χ3v) is 4.41. The van der Waals surface area contributed by atoms with Crippen LogP contribution in [0.2, 0.25) is 5.02 Å². The fourth-order valence-corrected chi connectivity index (χ4v) is 3.09. The molecule has 8 heteroatoms. The van der Waals surface area contributed by atoms with Crippen molar-refractivity contribution in [3.05, 3.63) is 52.4 Å². The van der Waals surface area contributed by atoms with Gasteiger partial charge in [0, 0.05) is 11.1 Å². The number of hydrogen-bond donors (Lipinski definition) is 2. The standard InChI is InChI=1S/C18H20ClN3O4/c1-2-5-11-8-12(26-22-11)9-20-18(24)17-16(21-15(23)10-25-17)13-6-3-4-7-14(13)19/h3-4,6-8,16-17H,2,5,9-10H2,1H3,(H,20,24)(H,21,23)/t16-,17+/m1/s1. The molecule has 0 radical (unpaired) electrons. The number of rotatable bonds is 6. The largest absolute Gasteiger partial charge is 0.359 e. The molecule has 26 heavy (non-hydrogen) atoms. The van der Waals surface area contributed by atoms with Crippen molar-refractivity contribution in [2.24, 2.45) is 0 Å². The Morgan fingerprint density at radius 2 is 2.23 bits per heavy atom. The number of aromatic nitrogens is 1. The summed E-state index contributed by atoms with van der Waals surface area (Å²) in [5.74, 6) is -0.0855. The van der Waals surface area contributed by atoms with Gasteiger partial charge in [-0.2, -0.15) is 0 Å². The number of carbonyl (C=O) groups excluding carboxylic acids is 2. The van der Waals surface area contributed by atoms with E-state index in [2.05, 4.69) is 22.7 Å². The number of halogens is 1. The molecule has 0 bridgehead atoms. The Morgan fingerprint density at radius 1 is 1.42 bits per heavy atom. The molecule has 0 saturated carbocycles. The first kappa shape index (κ1) is 18.4. The zero-order chi connectivity index (χ0) is 18.5. The highest BCUT2D eigenvalue weighted by Crippen LogP contribution is 2.28. The topological polar surface area (TPSA) is 93.5 Å². The number of aryl methyl sites for hydroxylation is 1. The van der Waals surface area contributed by atoms with Crippen molar-refractivity contribution in [3.8, 4) is 0 Å². The minimum absolute atomic E-state index is 0.179. The van der Waals surface area contributed by atoms with Gasteiger partial charge < -0.3 is 19.9 Å². The van der Waals surface area contributed by atoms with Gasteiger partial charge in [-0.15, -0.1) is 0 Å². The van der Waals surface area contributed by atoms with E-state index in [0.29, 0.717) is 16.3 Å². The fraction of sp³-hybridized carbons (Fsp3) is 0.389. The average molecular weight is 378 g/mol. The van der Waals surface area contributed by atoms with Gasteiger partial charge in [0.2, 0.25) is 5.91 Å². The summed E-state index contributed by atoms with van der Waals surface area (Å²) >= 11 is 6.22. The first-order valence-corrected chi connectivity index (χ1v) is 8.84. The molecule has 0 unspecified atom stereocenters. The Morgan fingerprint density at radius 3 is 3.00 bits per heavy atom. The van der Waals surface area contributed by atoms with Crippen LogP contribution in [0.15, 0.2) is 34.9 Å². The van der Waals surface area contributed by atoms with Crippen LogP contribution in [0, 0.1) is 0 Å². The van der Waals surface area contributed by atoms with Gasteiger partial charge in [-0.25, -0.2) is 0 Å². The minimum Gasteiger partial charge on any atom is -0.359 e. The number of benzene rings is 1. The number of nitrogens with zero attached hydrogens (tertiary/aromatic N) is 1. The van der Waals surface area contributed by atoms with Crippen LogP contribution in [0.4, 0.5) is 0 Å². The molecule has 2 amide bonds. The van der Waals surface area contributed by atoms with E-state index in [1.807, 2.05) is 6.07 Å². The number of hydrogen-bond acceptors (Lipinski definition) is 5. The molecule has 1 aromatic carbocycles. The smallest absolute Gasteiger partial charge is 0.252 e. The van der Waals surface area contributed by atoms with E-state index in [0.717, 1.165) is 18.5 Å².